The molecule has 6 nitrogen and oxygen atoms in total. The minimum atomic E-state index is -1.82. The highest BCUT2D eigenvalue weighted by Gasteiger charge is 2.15. The maximum Gasteiger partial charge on any atom is 0.414 e. The minimum absolute atomic E-state index is 0.613. The van der Waals surface area contributed by atoms with Gasteiger partial charge in [-0.2, -0.15) is 0 Å². The van der Waals surface area contributed by atoms with Crippen molar-refractivity contribution in [2.45, 2.75) is 26.3 Å². The van der Waals surface area contributed by atoms with Crippen LogP contribution >= 0.6 is 0 Å². The maximum atomic E-state index is 9.10. The SMILES string of the molecule is CC(C)c1ccc(CN2CCN(C/C=C/c3ccccc3)CC2)cc1.O=C(O)C(=O)O. The van der Waals surface area contributed by atoms with Crippen molar-refractivity contribution < 1.29 is 19.8 Å². The Morgan fingerprint density at radius 2 is 1.42 bits per heavy atom. The van der Waals surface area contributed by atoms with E-state index in [0.29, 0.717) is 5.92 Å². The van der Waals surface area contributed by atoms with Crippen LogP contribution < -0.4 is 0 Å². The molecule has 1 fully saturated rings. The average Bonchev–Trinajstić information content (AvgIpc) is 2.76. The van der Waals surface area contributed by atoms with E-state index in [4.69, 9.17) is 19.8 Å². The Kier molecular flexibility index (Phi) is 9.94. The summed E-state index contributed by atoms with van der Waals surface area (Å²) in [6, 6.07) is 19.7. The molecule has 2 N–H and O–H groups in total. The number of aliphatic carboxylic acids is 2. The van der Waals surface area contributed by atoms with Crippen molar-refractivity contribution in [2.75, 3.05) is 32.7 Å². The fourth-order valence-electron chi connectivity index (χ4n) is 3.30. The molecule has 1 heterocycles. The number of carbonyl (C=O) groups is 2. The normalized spacial score (nSPS) is 14.9. The molecule has 0 aromatic heterocycles. The van der Waals surface area contributed by atoms with Gasteiger partial charge in [0, 0.05) is 39.3 Å². The summed E-state index contributed by atoms with van der Waals surface area (Å²) in [5.41, 5.74) is 4.14. The van der Waals surface area contributed by atoms with E-state index in [-0.39, 0.29) is 0 Å². The number of carboxylic acids is 2. The number of carboxylic acid groups (broad SMARTS) is 2. The van der Waals surface area contributed by atoms with Crippen LogP contribution in [0.15, 0.2) is 60.7 Å². The van der Waals surface area contributed by atoms with E-state index in [9.17, 15) is 0 Å². The molecular weight excluding hydrogens is 392 g/mol. The van der Waals surface area contributed by atoms with E-state index in [1.807, 2.05) is 0 Å². The second-order valence-corrected chi connectivity index (χ2v) is 7.90. The van der Waals surface area contributed by atoms with Crippen molar-refractivity contribution in [2.24, 2.45) is 0 Å². The van der Waals surface area contributed by atoms with Gasteiger partial charge in [-0.3, -0.25) is 9.80 Å². The summed E-state index contributed by atoms with van der Waals surface area (Å²) >= 11 is 0. The Morgan fingerprint density at radius 1 is 0.871 bits per heavy atom. The van der Waals surface area contributed by atoms with Gasteiger partial charge in [-0.05, 0) is 22.6 Å². The van der Waals surface area contributed by atoms with Gasteiger partial charge >= 0.3 is 11.9 Å². The Labute approximate surface area is 184 Å². The molecule has 166 valence electrons. The first-order valence-corrected chi connectivity index (χ1v) is 10.6. The monoisotopic (exact) mass is 424 g/mol. The van der Waals surface area contributed by atoms with Gasteiger partial charge in [-0.1, -0.05) is 80.6 Å². The van der Waals surface area contributed by atoms with Gasteiger partial charge < -0.3 is 10.2 Å². The molecule has 6 heteroatoms. The zero-order chi connectivity index (χ0) is 22.6. The highest BCUT2D eigenvalue weighted by Crippen LogP contribution is 2.16. The van der Waals surface area contributed by atoms with E-state index < -0.39 is 11.9 Å². The lowest BCUT2D eigenvalue weighted by Crippen LogP contribution is -2.45. The van der Waals surface area contributed by atoms with Crippen LogP contribution in [0.1, 0.15) is 36.5 Å². The number of hydrogen-bond acceptors (Lipinski definition) is 4. The summed E-state index contributed by atoms with van der Waals surface area (Å²) in [5.74, 6) is -3.04. The largest absolute Gasteiger partial charge is 0.473 e. The predicted molar refractivity (Wildman–Crippen MR) is 123 cm³/mol. The van der Waals surface area contributed by atoms with Crippen LogP contribution in [0.5, 0.6) is 0 Å². The van der Waals surface area contributed by atoms with Crippen LogP contribution in [-0.2, 0) is 16.1 Å². The highest BCUT2D eigenvalue weighted by molar-refractivity contribution is 6.27. The Morgan fingerprint density at radius 3 is 1.94 bits per heavy atom. The highest BCUT2D eigenvalue weighted by atomic mass is 16.4. The summed E-state index contributed by atoms with van der Waals surface area (Å²) in [4.78, 5) is 23.3. The molecule has 2 aromatic carbocycles. The average molecular weight is 425 g/mol. The molecule has 1 saturated heterocycles. The summed E-state index contributed by atoms with van der Waals surface area (Å²) in [7, 11) is 0. The van der Waals surface area contributed by atoms with E-state index in [1.54, 1.807) is 0 Å². The summed E-state index contributed by atoms with van der Waals surface area (Å²) in [6.45, 7) is 11.3. The van der Waals surface area contributed by atoms with Crippen molar-refractivity contribution in [3.8, 4) is 0 Å². The molecule has 1 aliphatic rings. The van der Waals surface area contributed by atoms with E-state index in [0.717, 1.165) is 39.3 Å². The quantitative estimate of drug-likeness (QED) is 0.687. The topological polar surface area (TPSA) is 81.1 Å². The third-order valence-corrected chi connectivity index (χ3v) is 5.17. The lowest BCUT2D eigenvalue weighted by molar-refractivity contribution is -0.159. The van der Waals surface area contributed by atoms with Crippen LogP contribution in [0.25, 0.3) is 6.08 Å². The molecule has 0 aliphatic carbocycles. The predicted octanol–water partition coefficient (Wildman–Crippen LogP) is 3.80. The summed E-state index contributed by atoms with van der Waals surface area (Å²) < 4.78 is 0. The van der Waals surface area contributed by atoms with E-state index in [1.165, 1.54) is 16.7 Å². The molecule has 3 rings (SSSR count). The van der Waals surface area contributed by atoms with Crippen molar-refractivity contribution >= 4 is 18.0 Å². The Hall–Kier alpha value is -2.96. The van der Waals surface area contributed by atoms with Gasteiger partial charge in [0.15, 0.2) is 0 Å². The van der Waals surface area contributed by atoms with Gasteiger partial charge in [0.2, 0.25) is 0 Å². The molecule has 0 amide bonds. The lowest BCUT2D eigenvalue weighted by Gasteiger charge is -2.34. The molecule has 0 spiro atoms. The molecule has 1 aliphatic heterocycles. The zero-order valence-corrected chi connectivity index (χ0v) is 18.3. The number of piperazine rings is 1. The number of benzene rings is 2. The number of hydrogen-bond donors (Lipinski definition) is 2. The third-order valence-electron chi connectivity index (χ3n) is 5.17. The first-order valence-electron chi connectivity index (χ1n) is 10.6. The molecule has 0 bridgehead atoms. The van der Waals surface area contributed by atoms with Gasteiger partial charge in [0.1, 0.15) is 0 Å². The summed E-state index contributed by atoms with van der Waals surface area (Å²) in [5, 5.41) is 14.8. The fourth-order valence-corrected chi connectivity index (χ4v) is 3.30. The minimum Gasteiger partial charge on any atom is -0.473 e. The molecular formula is C25H32N2O4. The van der Waals surface area contributed by atoms with Gasteiger partial charge in [0.25, 0.3) is 0 Å². The maximum absolute atomic E-state index is 9.10. The van der Waals surface area contributed by atoms with Crippen LogP contribution in [0.2, 0.25) is 0 Å². The summed E-state index contributed by atoms with van der Waals surface area (Å²) in [6.07, 6.45) is 4.51. The van der Waals surface area contributed by atoms with Gasteiger partial charge in [0.05, 0.1) is 0 Å². The molecule has 0 radical (unpaired) electrons. The van der Waals surface area contributed by atoms with E-state index >= 15 is 0 Å². The third kappa shape index (κ3) is 9.15. The van der Waals surface area contributed by atoms with Crippen molar-refractivity contribution in [3.63, 3.8) is 0 Å². The van der Waals surface area contributed by atoms with Gasteiger partial charge in [-0.15, -0.1) is 0 Å². The number of nitrogens with zero attached hydrogens (tertiary/aromatic N) is 2. The van der Waals surface area contributed by atoms with Crippen LogP contribution in [0, 0.1) is 0 Å². The fraction of sp³-hybridized carbons (Fsp3) is 0.360. The lowest BCUT2D eigenvalue weighted by atomic mass is 10.0. The van der Waals surface area contributed by atoms with Crippen LogP contribution in [0.3, 0.4) is 0 Å². The molecule has 0 unspecified atom stereocenters. The second kappa shape index (κ2) is 12.7. The van der Waals surface area contributed by atoms with Crippen molar-refractivity contribution in [1.82, 2.24) is 9.80 Å². The Balaban J connectivity index is 0.000000501. The van der Waals surface area contributed by atoms with Crippen LogP contribution in [0.4, 0.5) is 0 Å². The van der Waals surface area contributed by atoms with Crippen LogP contribution in [-0.4, -0.2) is 64.7 Å². The second-order valence-electron chi connectivity index (χ2n) is 7.90. The first-order chi connectivity index (χ1) is 14.8. The van der Waals surface area contributed by atoms with E-state index in [2.05, 4.69) is 90.4 Å². The Bertz CT molecular complexity index is 828. The zero-order valence-electron chi connectivity index (χ0n) is 18.3. The van der Waals surface area contributed by atoms with Crippen molar-refractivity contribution in [1.29, 1.82) is 0 Å². The molecule has 0 saturated carbocycles. The van der Waals surface area contributed by atoms with Gasteiger partial charge in [-0.25, -0.2) is 9.59 Å². The molecule has 31 heavy (non-hydrogen) atoms. The first kappa shape index (κ1) is 24.3. The molecule has 0 atom stereocenters. The smallest absolute Gasteiger partial charge is 0.414 e. The number of rotatable bonds is 6. The molecule has 2 aromatic rings. The standard InChI is InChI=1S/C23H30N2.C2H2O4/c1-20(2)23-12-10-22(11-13-23)19-25-17-15-24(16-18-25)14-6-9-21-7-4-3-5-8-21;3-1(4)2(5)6/h3-13,20H,14-19H2,1-2H3;(H,3,4)(H,5,6)/b9-6+;. The van der Waals surface area contributed by atoms with Crippen molar-refractivity contribution in [3.05, 3.63) is 77.4 Å².